The van der Waals surface area contributed by atoms with Crippen LogP contribution in [0.15, 0.2) is 21.2 Å². The van der Waals surface area contributed by atoms with Crippen LogP contribution in [-0.2, 0) is 0 Å². The number of hydrogen-bond donors (Lipinski definition) is 3. The third-order valence-corrected chi connectivity index (χ3v) is 2.10. The maximum Gasteiger partial charge on any atom is 0.305 e. The zero-order valence-electron chi connectivity index (χ0n) is 7.96. The van der Waals surface area contributed by atoms with Gasteiger partial charge in [0.15, 0.2) is 15.5 Å². The molecule has 0 atom stereocenters. The van der Waals surface area contributed by atoms with E-state index in [0.717, 1.165) is 0 Å². The van der Waals surface area contributed by atoms with Gasteiger partial charge in [-0.15, -0.1) is 0 Å². The van der Waals surface area contributed by atoms with Crippen LogP contribution < -0.4 is 16.2 Å². The summed E-state index contributed by atoms with van der Waals surface area (Å²) in [6, 6.07) is 3.19. The van der Waals surface area contributed by atoms with Crippen LogP contribution in [0.2, 0.25) is 0 Å². The second kappa shape index (κ2) is 5.72. The van der Waals surface area contributed by atoms with E-state index >= 15 is 0 Å². The van der Waals surface area contributed by atoms with Crippen molar-refractivity contribution in [1.29, 1.82) is 0 Å². The molecule has 1 heterocycles. The standard InChI is InChI=1S/C8H10BrN3O2S/c1-2-10-8(15)12-11-7(13)5-3-4-6(9)14-5/h3-4H,2H2,1H3,(H,11,13)(H2,10,12,15). The van der Waals surface area contributed by atoms with Crippen LogP contribution in [0.3, 0.4) is 0 Å². The van der Waals surface area contributed by atoms with Crippen molar-refractivity contribution in [2.24, 2.45) is 0 Å². The van der Waals surface area contributed by atoms with Crippen LogP contribution in [0, 0.1) is 0 Å². The molecule has 1 aromatic heterocycles. The van der Waals surface area contributed by atoms with Crippen LogP contribution >= 0.6 is 28.1 Å². The van der Waals surface area contributed by atoms with Gasteiger partial charge in [0.25, 0.3) is 0 Å². The minimum Gasteiger partial charge on any atom is -0.444 e. The molecule has 0 aliphatic rings. The topological polar surface area (TPSA) is 66.3 Å². The molecule has 0 spiro atoms. The molecule has 1 rings (SSSR count). The molecule has 0 aromatic carbocycles. The van der Waals surface area contributed by atoms with Crippen molar-refractivity contribution in [3.05, 3.63) is 22.6 Å². The van der Waals surface area contributed by atoms with Gasteiger partial charge in [0.05, 0.1) is 0 Å². The normalized spacial score (nSPS) is 9.47. The summed E-state index contributed by atoms with van der Waals surface area (Å²) < 4.78 is 5.54. The zero-order valence-corrected chi connectivity index (χ0v) is 10.4. The van der Waals surface area contributed by atoms with Crippen molar-refractivity contribution < 1.29 is 9.21 Å². The number of hydrogen-bond acceptors (Lipinski definition) is 3. The first-order valence-corrected chi connectivity index (χ1v) is 5.43. The van der Waals surface area contributed by atoms with Gasteiger partial charge in [-0.2, -0.15) is 0 Å². The van der Waals surface area contributed by atoms with Gasteiger partial charge >= 0.3 is 5.91 Å². The Morgan fingerprint density at radius 1 is 1.53 bits per heavy atom. The molecule has 0 saturated carbocycles. The van der Waals surface area contributed by atoms with Crippen molar-refractivity contribution >= 4 is 39.2 Å². The summed E-state index contributed by atoms with van der Waals surface area (Å²) >= 11 is 7.95. The molecule has 0 radical (unpaired) electrons. The lowest BCUT2D eigenvalue weighted by Crippen LogP contribution is -2.46. The highest BCUT2D eigenvalue weighted by molar-refractivity contribution is 9.10. The molecule has 0 saturated heterocycles. The predicted octanol–water partition coefficient (Wildman–Crippen LogP) is 1.17. The minimum absolute atomic E-state index is 0.202. The molecule has 0 aliphatic carbocycles. The maximum atomic E-state index is 11.4. The zero-order chi connectivity index (χ0) is 11.3. The summed E-state index contributed by atoms with van der Waals surface area (Å²) in [5.74, 6) is -0.186. The maximum absolute atomic E-state index is 11.4. The number of halogens is 1. The molecule has 1 aromatic rings. The summed E-state index contributed by atoms with van der Waals surface area (Å²) in [6.07, 6.45) is 0. The number of carbonyl (C=O) groups excluding carboxylic acids is 1. The Bertz CT molecular complexity index is 367. The van der Waals surface area contributed by atoms with Crippen molar-refractivity contribution in [3.63, 3.8) is 0 Å². The van der Waals surface area contributed by atoms with Gasteiger partial charge in [-0.25, -0.2) is 0 Å². The van der Waals surface area contributed by atoms with E-state index in [1.54, 1.807) is 12.1 Å². The van der Waals surface area contributed by atoms with E-state index in [4.69, 9.17) is 16.6 Å². The van der Waals surface area contributed by atoms with Gasteiger partial charge in [0.1, 0.15) is 0 Å². The van der Waals surface area contributed by atoms with Crippen LogP contribution in [0.5, 0.6) is 0 Å². The minimum atomic E-state index is -0.388. The largest absolute Gasteiger partial charge is 0.444 e. The van der Waals surface area contributed by atoms with Gasteiger partial charge < -0.3 is 9.73 Å². The summed E-state index contributed by atoms with van der Waals surface area (Å²) in [4.78, 5) is 11.4. The Morgan fingerprint density at radius 2 is 2.27 bits per heavy atom. The number of nitrogens with one attached hydrogen (secondary N) is 3. The fourth-order valence-corrected chi connectivity index (χ4v) is 1.32. The van der Waals surface area contributed by atoms with Crippen molar-refractivity contribution in [2.75, 3.05) is 6.54 Å². The highest BCUT2D eigenvalue weighted by atomic mass is 79.9. The van der Waals surface area contributed by atoms with Gasteiger partial charge in [-0.05, 0) is 47.2 Å². The number of hydrazine groups is 1. The number of carbonyl (C=O) groups is 1. The first-order chi connectivity index (χ1) is 7.13. The number of rotatable bonds is 2. The molecule has 1 amide bonds. The second-order valence-corrected chi connectivity index (χ2v) is 3.73. The molecule has 3 N–H and O–H groups in total. The first-order valence-electron chi connectivity index (χ1n) is 4.23. The highest BCUT2D eigenvalue weighted by Gasteiger charge is 2.09. The monoisotopic (exact) mass is 291 g/mol. The van der Waals surface area contributed by atoms with Crippen LogP contribution in [-0.4, -0.2) is 17.6 Å². The lowest BCUT2D eigenvalue weighted by Gasteiger charge is -2.08. The summed E-state index contributed by atoms with van der Waals surface area (Å²) in [7, 11) is 0. The van der Waals surface area contributed by atoms with E-state index in [9.17, 15) is 4.79 Å². The van der Waals surface area contributed by atoms with E-state index in [1.165, 1.54) is 0 Å². The molecule has 0 fully saturated rings. The Kier molecular flexibility index (Phi) is 4.57. The highest BCUT2D eigenvalue weighted by Crippen LogP contribution is 2.13. The summed E-state index contributed by atoms with van der Waals surface area (Å²) in [5, 5.41) is 3.18. The third kappa shape index (κ3) is 3.88. The molecule has 7 heteroatoms. The number of furan rings is 1. The van der Waals surface area contributed by atoms with E-state index in [-0.39, 0.29) is 11.7 Å². The Labute approximate surface area is 101 Å². The molecule has 0 aliphatic heterocycles. The Morgan fingerprint density at radius 3 is 2.80 bits per heavy atom. The summed E-state index contributed by atoms with van der Waals surface area (Å²) in [5.41, 5.74) is 4.93. The summed E-state index contributed by atoms with van der Waals surface area (Å²) in [6.45, 7) is 2.59. The van der Waals surface area contributed by atoms with Crippen molar-refractivity contribution in [3.8, 4) is 0 Å². The molecule has 0 unspecified atom stereocenters. The van der Waals surface area contributed by atoms with Crippen molar-refractivity contribution in [1.82, 2.24) is 16.2 Å². The number of amides is 1. The SMILES string of the molecule is CCNC(=S)NNC(=O)c1ccc(Br)o1. The third-order valence-electron chi connectivity index (χ3n) is 1.42. The van der Waals surface area contributed by atoms with Gasteiger partial charge in [0.2, 0.25) is 0 Å². The van der Waals surface area contributed by atoms with E-state index < -0.39 is 0 Å². The first kappa shape index (κ1) is 12.0. The van der Waals surface area contributed by atoms with Crippen LogP contribution in [0.1, 0.15) is 17.5 Å². The predicted molar refractivity (Wildman–Crippen MR) is 63.3 cm³/mol. The fourth-order valence-electron chi connectivity index (χ4n) is 0.816. The lowest BCUT2D eigenvalue weighted by atomic mass is 10.4. The van der Waals surface area contributed by atoms with E-state index in [1.807, 2.05) is 6.92 Å². The molecule has 82 valence electrons. The van der Waals surface area contributed by atoms with Crippen molar-refractivity contribution in [2.45, 2.75) is 6.92 Å². The average molecular weight is 292 g/mol. The van der Waals surface area contributed by atoms with Gasteiger partial charge in [-0.3, -0.25) is 15.6 Å². The molecular weight excluding hydrogens is 282 g/mol. The molecule has 0 bridgehead atoms. The van der Waals surface area contributed by atoms with Gasteiger partial charge in [0, 0.05) is 6.54 Å². The van der Waals surface area contributed by atoms with Crippen LogP contribution in [0.25, 0.3) is 0 Å². The average Bonchev–Trinajstić information content (AvgIpc) is 2.62. The van der Waals surface area contributed by atoms with Crippen LogP contribution in [0.4, 0.5) is 0 Å². The Balaban J connectivity index is 2.40. The molecule has 15 heavy (non-hydrogen) atoms. The molecule has 5 nitrogen and oxygen atoms in total. The Hall–Kier alpha value is -1.08. The van der Waals surface area contributed by atoms with E-state index in [0.29, 0.717) is 16.3 Å². The number of thiocarbonyl (C=S) groups is 1. The second-order valence-electron chi connectivity index (χ2n) is 2.54. The fraction of sp³-hybridized carbons (Fsp3) is 0.250. The van der Waals surface area contributed by atoms with Gasteiger partial charge in [-0.1, -0.05) is 0 Å². The quantitative estimate of drug-likeness (QED) is 0.564. The van der Waals surface area contributed by atoms with E-state index in [2.05, 4.69) is 32.1 Å². The molecular formula is C8H10BrN3O2S. The smallest absolute Gasteiger partial charge is 0.305 e. The lowest BCUT2D eigenvalue weighted by molar-refractivity contribution is 0.0914.